The smallest absolute Gasteiger partial charge is 0.239 e. The van der Waals surface area contributed by atoms with Gasteiger partial charge in [-0.25, -0.2) is 0 Å². The lowest BCUT2D eigenvalue weighted by Gasteiger charge is -2.40. The first-order chi connectivity index (χ1) is 18.1. The highest BCUT2D eigenvalue weighted by atomic mass is 16.2. The van der Waals surface area contributed by atoms with Gasteiger partial charge in [-0.1, -0.05) is 84.0 Å². The van der Waals surface area contributed by atoms with Gasteiger partial charge in [0.25, 0.3) is 0 Å². The molecule has 0 aromatic rings. The number of carbonyl (C=O) groups excluding carboxylic acids is 2. The van der Waals surface area contributed by atoms with Crippen LogP contribution in [0.2, 0.25) is 0 Å². The molecule has 0 unspecified atom stereocenters. The van der Waals surface area contributed by atoms with Gasteiger partial charge in [-0.2, -0.15) is 0 Å². The molecule has 2 rings (SSSR count). The molecule has 2 aliphatic heterocycles. The van der Waals surface area contributed by atoms with E-state index in [0.29, 0.717) is 24.3 Å². The van der Waals surface area contributed by atoms with Crippen molar-refractivity contribution >= 4 is 11.8 Å². The fourth-order valence-corrected chi connectivity index (χ4v) is 6.35. The first-order valence-electron chi connectivity index (χ1n) is 16.1. The topological polar surface area (TPSA) is 92.7 Å². The number of amides is 2. The summed E-state index contributed by atoms with van der Waals surface area (Å²) in [6.07, 6.45) is 23.7. The van der Waals surface area contributed by atoms with E-state index >= 15 is 0 Å². The lowest BCUT2D eigenvalue weighted by atomic mass is 9.78. The second kappa shape index (κ2) is 19.9. The van der Waals surface area contributed by atoms with Crippen molar-refractivity contribution < 1.29 is 9.59 Å². The fraction of sp³-hybridized carbons (Fsp3) is 0.935. The first-order valence-corrected chi connectivity index (χ1v) is 16.1. The number of unbranched alkanes of at least 4 members (excludes halogenated alkanes) is 12. The number of likely N-dealkylation sites (tertiary alicyclic amines) is 2. The molecule has 2 fully saturated rings. The van der Waals surface area contributed by atoms with E-state index < -0.39 is 0 Å². The zero-order valence-corrected chi connectivity index (χ0v) is 24.3. The zero-order chi connectivity index (χ0) is 26.7. The summed E-state index contributed by atoms with van der Waals surface area (Å²) in [6, 6.07) is -0.373. The van der Waals surface area contributed by atoms with E-state index in [-0.39, 0.29) is 11.9 Å². The van der Waals surface area contributed by atoms with Crippen LogP contribution < -0.4 is 11.5 Å². The summed E-state index contributed by atoms with van der Waals surface area (Å²) in [5, 5.41) is 0. The van der Waals surface area contributed by atoms with Crippen molar-refractivity contribution in [1.82, 2.24) is 9.80 Å². The van der Waals surface area contributed by atoms with Crippen LogP contribution in [0.15, 0.2) is 0 Å². The van der Waals surface area contributed by atoms with Crippen LogP contribution in [0.4, 0.5) is 0 Å². The summed E-state index contributed by atoms with van der Waals surface area (Å²) in [4.78, 5) is 29.4. The molecule has 2 aliphatic rings. The number of rotatable bonds is 19. The summed E-state index contributed by atoms with van der Waals surface area (Å²) in [7, 11) is 0. The summed E-state index contributed by atoms with van der Waals surface area (Å²) < 4.78 is 0. The highest BCUT2D eigenvalue weighted by Gasteiger charge is 2.32. The molecule has 0 bridgehead atoms. The van der Waals surface area contributed by atoms with Gasteiger partial charge in [0, 0.05) is 32.6 Å². The molecule has 1 atom stereocenters. The van der Waals surface area contributed by atoms with Crippen molar-refractivity contribution in [2.75, 3.05) is 32.7 Å². The molecule has 0 aliphatic carbocycles. The van der Waals surface area contributed by atoms with Crippen molar-refractivity contribution in [3.63, 3.8) is 0 Å². The minimum absolute atomic E-state index is 0.119. The van der Waals surface area contributed by atoms with E-state index in [2.05, 4.69) is 11.8 Å². The molecule has 2 saturated heterocycles. The van der Waals surface area contributed by atoms with Crippen molar-refractivity contribution in [1.29, 1.82) is 0 Å². The average molecular weight is 521 g/mol. The predicted octanol–water partition coefficient (Wildman–Crippen LogP) is 6.01. The van der Waals surface area contributed by atoms with E-state index in [1.165, 1.54) is 70.6 Å². The number of carbonyl (C=O) groups is 2. The molecular formula is C31H60N4O2. The van der Waals surface area contributed by atoms with Gasteiger partial charge >= 0.3 is 0 Å². The van der Waals surface area contributed by atoms with E-state index in [4.69, 9.17) is 11.5 Å². The standard InChI is InChI=1S/C31H60N4O2/c1-2-3-4-5-6-7-8-9-10-11-12-13-17-30(36)34-23-18-27(19-24-34)28-20-25-35(26-21-28)31(37)29(33)16-14-15-22-32/h27-29H,2-26,32-33H2,1H3/t29-/m0/s1. The average Bonchev–Trinajstić information content (AvgIpc) is 2.93. The van der Waals surface area contributed by atoms with Crippen LogP contribution in [0.5, 0.6) is 0 Å². The zero-order valence-electron chi connectivity index (χ0n) is 24.3. The predicted molar refractivity (Wildman–Crippen MR) is 155 cm³/mol. The van der Waals surface area contributed by atoms with Gasteiger partial charge in [0.1, 0.15) is 0 Å². The normalized spacial score (nSPS) is 18.4. The summed E-state index contributed by atoms with van der Waals surface area (Å²) in [5.41, 5.74) is 11.7. The molecule has 4 N–H and O–H groups in total. The highest BCUT2D eigenvalue weighted by molar-refractivity contribution is 5.81. The summed E-state index contributed by atoms with van der Waals surface area (Å²) in [6.45, 7) is 6.46. The van der Waals surface area contributed by atoms with Gasteiger partial charge in [0.05, 0.1) is 6.04 Å². The lowest BCUT2D eigenvalue weighted by molar-refractivity contribution is -0.136. The van der Waals surface area contributed by atoms with Crippen LogP contribution in [0.3, 0.4) is 0 Å². The maximum absolute atomic E-state index is 12.7. The molecule has 2 heterocycles. The molecule has 0 saturated carbocycles. The molecule has 6 heteroatoms. The van der Waals surface area contributed by atoms with Crippen LogP contribution in [-0.2, 0) is 9.59 Å². The van der Waals surface area contributed by atoms with Crippen molar-refractivity contribution in [2.24, 2.45) is 23.3 Å². The Hall–Kier alpha value is -1.14. The Balaban J connectivity index is 1.48. The third-order valence-electron chi connectivity index (χ3n) is 8.94. The van der Waals surface area contributed by atoms with Gasteiger partial charge in [-0.05, 0) is 63.3 Å². The Morgan fingerprint density at radius 2 is 1.14 bits per heavy atom. The summed E-state index contributed by atoms with van der Waals surface area (Å²) >= 11 is 0. The highest BCUT2D eigenvalue weighted by Crippen LogP contribution is 2.33. The number of hydrogen-bond acceptors (Lipinski definition) is 4. The Kier molecular flexibility index (Phi) is 17.2. The van der Waals surface area contributed by atoms with Crippen LogP contribution in [0.1, 0.15) is 135 Å². The Morgan fingerprint density at radius 1 is 0.676 bits per heavy atom. The molecule has 2 amide bonds. The maximum Gasteiger partial charge on any atom is 0.239 e. The number of nitrogens with zero attached hydrogens (tertiary/aromatic N) is 2. The lowest BCUT2D eigenvalue weighted by Crippen LogP contribution is -2.48. The maximum atomic E-state index is 12.7. The third-order valence-corrected chi connectivity index (χ3v) is 8.94. The van der Waals surface area contributed by atoms with Gasteiger partial charge in [0.15, 0.2) is 0 Å². The molecule has 216 valence electrons. The van der Waals surface area contributed by atoms with E-state index in [0.717, 1.165) is 84.0 Å². The molecule has 0 aromatic heterocycles. The van der Waals surface area contributed by atoms with E-state index in [1.807, 2.05) is 4.90 Å². The Morgan fingerprint density at radius 3 is 1.62 bits per heavy atom. The van der Waals surface area contributed by atoms with Crippen molar-refractivity contribution in [2.45, 2.75) is 141 Å². The van der Waals surface area contributed by atoms with Gasteiger partial charge in [0.2, 0.25) is 11.8 Å². The second-order valence-electron chi connectivity index (χ2n) is 11.9. The van der Waals surface area contributed by atoms with Crippen molar-refractivity contribution in [3.05, 3.63) is 0 Å². The van der Waals surface area contributed by atoms with Crippen LogP contribution in [0.25, 0.3) is 0 Å². The second-order valence-corrected chi connectivity index (χ2v) is 11.9. The van der Waals surface area contributed by atoms with Crippen LogP contribution >= 0.6 is 0 Å². The fourth-order valence-electron chi connectivity index (χ4n) is 6.35. The van der Waals surface area contributed by atoms with E-state index in [1.54, 1.807) is 0 Å². The quantitative estimate of drug-likeness (QED) is 0.204. The molecule has 6 nitrogen and oxygen atoms in total. The van der Waals surface area contributed by atoms with Gasteiger partial charge < -0.3 is 21.3 Å². The van der Waals surface area contributed by atoms with Gasteiger partial charge in [-0.15, -0.1) is 0 Å². The first kappa shape index (κ1) is 32.1. The molecule has 0 aromatic carbocycles. The molecule has 0 spiro atoms. The minimum Gasteiger partial charge on any atom is -0.343 e. The summed E-state index contributed by atoms with van der Waals surface area (Å²) in [5.74, 6) is 1.88. The largest absolute Gasteiger partial charge is 0.343 e. The molecule has 37 heavy (non-hydrogen) atoms. The minimum atomic E-state index is -0.373. The van der Waals surface area contributed by atoms with Crippen LogP contribution in [-0.4, -0.2) is 60.4 Å². The SMILES string of the molecule is CCCCCCCCCCCCCCC(=O)N1CCC(C2CCN(C(=O)[C@@H](N)CCCCN)CC2)CC1. The monoisotopic (exact) mass is 520 g/mol. The molecule has 0 radical (unpaired) electrons. The van der Waals surface area contributed by atoms with Gasteiger partial charge in [-0.3, -0.25) is 9.59 Å². The number of nitrogens with two attached hydrogens (primary N) is 2. The molecular weight excluding hydrogens is 460 g/mol. The Bertz CT molecular complexity index is 598. The number of hydrogen-bond donors (Lipinski definition) is 2. The Labute approximate surface area is 228 Å². The third kappa shape index (κ3) is 13.0. The van der Waals surface area contributed by atoms with Crippen molar-refractivity contribution in [3.8, 4) is 0 Å². The van der Waals surface area contributed by atoms with E-state index in [9.17, 15) is 9.59 Å². The van der Waals surface area contributed by atoms with Crippen LogP contribution in [0, 0.1) is 11.8 Å². The number of piperidine rings is 2.